The van der Waals surface area contributed by atoms with Crippen molar-refractivity contribution in [3.8, 4) is 0 Å². The maximum atomic E-state index is 12.4. The minimum atomic E-state index is -0.144. The first kappa shape index (κ1) is 17.6. The molecule has 0 saturated carbocycles. The second-order valence-corrected chi connectivity index (χ2v) is 7.70. The first-order valence-electron chi connectivity index (χ1n) is 7.65. The van der Waals surface area contributed by atoms with Crippen LogP contribution < -0.4 is 5.32 Å². The summed E-state index contributed by atoms with van der Waals surface area (Å²) >= 11 is 3.02. The van der Waals surface area contributed by atoms with Gasteiger partial charge < -0.3 is 9.73 Å². The minimum absolute atomic E-state index is 0.115. The number of furan rings is 1. The van der Waals surface area contributed by atoms with Crippen LogP contribution in [0.1, 0.15) is 33.7 Å². The first-order chi connectivity index (χ1) is 12.0. The second-order valence-electron chi connectivity index (χ2n) is 5.53. The van der Waals surface area contributed by atoms with Crippen LogP contribution in [0.4, 0.5) is 0 Å². The van der Waals surface area contributed by atoms with Crippen molar-refractivity contribution in [2.24, 2.45) is 0 Å². The number of rotatable bonds is 6. The van der Waals surface area contributed by atoms with Crippen LogP contribution in [0.25, 0.3) is 10.2 Å². The number of Topliss-reactive ketones (excluding diaryl/α,β-unsaturated/α-hetero) is 1. The van der Waals surface area contributed by atoms with Crippen molar-refractivity contribution in [3.63, 3.8) is 0 Å². The summed E-state index contributed by atoms with van der Waals surface area (Å²) in [6, 6.07) is 3.33. The van der Waals surface area contributed by atoms with Crippen molar-refractivity contribution in [2.45, 2.75) is 32.3 Å². The van der Waals surface area contributed by atoms with Crippen LogP contribution in [0.15, 0.2) is 27.9 Å². The molecule has 0 spiro atoms. The third-order valence-corrected chi connectivity index (χ3v) is 5.82. The molecule has 3 heterocycles. The van der Waals surface area contributed by atoms with E-state index >= 15 is 0 Å². The van der Waals surface area contributed by atoms with E-state index in [0.717, 1.165) is 20.8 Å². The SMILES string of the molecule is CC(=O)NCc1ccc(C(=O)CSc2ncnc3sc(C)c(C)c23)o1. The molecule has 0 unspecified atom stereocenters. The van der Waals surface area contributed by atoms with E-state index in [-0.39, 0.29) is 29.7 Å². The second kappa shape index (κ2) is 7.37. The zero-order valence-electron chi connectivity index (χ0n) is 14.1. The Kier molecular flexibility index (Phi) is 5.19. The van der Waals surface area contributed by atoms with Gasteiger partial charge in [0.1, 0.15) is 21.9 Å². The zero-order valence-corrected chi connectivity index (χ0v) is 15.7. The number of carbonyl (C=O) groups is 2. The topological polar surface area (TPSA) is 85.1 Å². The van der Waals surface area contributed by atoms with E-state index in [1.165, 1.54) is 29.9 Å². The summed E-state index contributed by atoms with van der Waals surface area (Å²) in [7, 11) is 0. The van der Waals surface area contributed by atoms with Gasteiger partial charge in [0.2, 0.25) is 11.7 Å². The summed E-state index contributed by atoms with van der Waals surface area (Å²) in [5, 5.41) is 4.47. The number of ketones is 1. The maximum absolute atomic E-state index is 12.4. The largest absolute Gasteiger partial charge is 0.456 e. The molecular formula is C17H17N3O3S2. The zero-order chi connectivity index (χ0) is 18.0. The van der Waals surface area contributed by atoms with Crippen molar-refractivity contribution < 1.29 is 14.0 Å². The molecule has 0 aromatic carbocycles. The Labute approximate surface area is 153 Å². The molecule has 3 aromatic rings. The van der Waals surface area contributed by atoms with Gasteiger partial charge in [-0.3, -0.25) is 9.59 Å². The number of thioether (sulfide) groups is 1. The molecule has 0 aliphatic carbocycles. The molecule has 0 aliphatic heterocycles. The van der Waals surface area contributed by atoms with Crippen molar-refractivity contribution in [2.75, 3.05) is 5.75 Å². The molecule has 0 bridgehead atoms. The third kappa shape index (κ3) is 3.91. The highest BCUT2D eigenvalue weighted by Gasteiger charge is 2.16. The summed E-state index contributed by atoms with van der Waals surface area (Å²) in [5.74, 6) is 0.811. The maximum Gasteiger partial charge on any atom is 0.217 e. The highest BCUT2D eigenvalue weighted by molar-refractivity contribution is 8.00. The minimum Gasteiger partial charge on any atom is -0.456 e. The standard InChI is InChI=1S/C17H17N3O3S2/c1-9-10(2)25-17-15(9)16(19-8-20-17)24-7-13(22)14-5-4-12(23-14)6-18-11(3)21/h4-5,8H,6-7H2,1-3H3,(H,18,21). The summed E-state index contributed by atoms with van der Waals surface area (Å²) in [6.07, 6.45) is 1.53. The predicted octanol–water partition coefficient (Wildman–Crippen LogP) is 3.51. The number of amides is 1. The highest BCUT2D eigenvalue weighted by Crippen LogP contribution is 2.34. The van der Waals surface area contributed by atoms with Gasteiger partial charge in [-0.05, 0) is 31.5 Å². The Balaban J connectivity index is 1.70. The summed E-state index contributed by atoms with van der Waals surface area (Å²) in [5.41, 5.74) is 1.16. The van der Waals surface area contributed by atoms with Crippen molar-refractivity contribution in [3.05, 3.63) is 40.4 Å². The molecule has 130 valence electrons. The number of aryl methyl sites for hydroxylation is 2. The fourth-order valence-electron chi connectivity index (χ4n) is 2.30. The lowest BCUT2D eigenvalue weighted by Gasteiger charge is -2.02. The van der Waals surface area contributed by atoms with E-state index in [1.54, 1.807) is 23.5 Å². The van der Waals surface area contributed by atoms with Gasteiger partial charge in [-0.15, -0.1) is 11.3 Å². The van der Waals surface area contributed by atoms with Crippen LogP contribution in [0, 0.1) is 13.8 Å². The van der Waals surface area contributed by atoms with E-state index < -0.39 is 0 Å². The van der Waals surface area contributed by atoms with Crippen LogP contribution in [-0.4, -0.2) is 27.4 Å². The van der Waals surface area contributed by atoms with E-state index in [1.807, 2.05) is 6.92 Å². The molecule has 0 saturated heterocycles. The molecule has 3 rings (SSSR count). The monoisotopic (exact) mass is 375 g/mol. The predicted molar refractivity (Wildman–Crippen MR) is 98.2 cm³/mol. The molecule has 8 heteroatoms. The molecule has 6 nitrogen and oxygen atoms in total. The fraction of sp³-hybridized carbons (Fsp3) is 0.294. The number of nitrogens with one attached hydrogen (secondary N) is 1. The lowest BCUT2D eigenvalue weighted by molar-refractivity contribution is -0.119. The number of hydrogen-bond donors (Lipinski definition) is 1. The molecule has 3 aromatic heterocycles. The Bertz CT molecular complexity index is 946. The average molecular weight is 375 g/mol. The quantitative estimate of drug-likeness (QED) is 0.403. The number of aromatic nitrogens is 2. The van der Waals surface area contributed by atoms with Crippen LogP contribution in [-0.2, 0) is 11.3 Å². The molecule has 1 amide bonds. The lowest BCUT2D eigenvalue weighted by Crippen LogP contribution is -2.18. The van der Waals surface area contributed by atoms with Gasteiger partial charge >= 0.3 is 0 Å². The Morgan fingerprint density at radius 2 is 2.08 bits per heavy atom. The number of fused-ring (bicyclic) bond motifs is 1. The van der Waals surface area contributed by atoms with Crippen LogP contribution in [0.2, 0.25) is 0 Å². The molecule has 0 fully saturated rings. The van der Waals surface area contributed by atoms with Crippen LogP contribution in [0.5, 0.6) is 0 Å². The van der Waals surface area contributed by atoms with E-state index in [0.29, 0.717) is 5.76 Å². The summed E-state index contributed by atoms with van der Waals surface area (Å²) < 4.78 is 5.49. The van der Waals surface area contributed by atoms with Gasteiger partial charge in [-0.25, -0.2) is 9.97 Å². The average Bonchev–Trinajstić information content (AvgIpc) is 3.16. The van der Waals surface area contributed by atoms with Gasteiger partial charge in [-0.2, -0.15) is 0 Å². The third-order valence-electron chi connectivity index (χ3n) is 3.72. The van der Waals surface area contributed by atoms with E-state index in [2.05, 4.69) is 22.2 Å². The number of carbonyl (C=O) groups excluding carboxylic acids is 2. The van der Waals surface area contributed by atoms with Gasteiger partial charge in [0.05, 0.1) is 12.3 Å². The molecule has 0 atom stereocenters. The smallest absolute Gasteiger partial charge is 0.217 e. The number of nitrogens with zero attached hydrogens (tertiary/aromatic N) is 2. The highest BCUT2D eigenvalue weighted by atomic mass is 32.2. The van der Waals surface area contributed by atoms with Crippen LogP contribution in [0.3, 0.4) is 0 Å². The van der Waals surface area contributed by atoms with Crippen molar-refractivity contribution in [1.29, 1.82) is 0 Å². The first-order valence-corrected chi connectivity index (χ1v) is 9.45. The van der Waals surface area contributed by atoms with Crippen molar-refractivity contribution >= 4 is 45.0 Å². The number of hydrogen-bond acceptors (Lipinski definition) is 7. The molecular weight excluding hydrogens is 358 g/mol. The Morgan fingerprint density at radius 3 is 2.84 bits per heavy atom. The van der Waals surface area contributed by atoms with E-state index in [4.69, 9.17) is 4.42 Å². The van der Waals surface area contributed by atoms with Gasteiger partial charge in [-0.1, -0.05) is 11.8 Å². The van der Waals surface area contributed by atoms with Crippen molar-refractivity contribution in [1.82, 2.24) is 15.3 Å². The van der Waals surface area contributed by atoms with Gasteiger partial charge in [0, 0.05) is 17.2 Å². The lowest BCUT2D eigenvalue weighted by atomic mass is 10.2. The normalized spacial score (nSPS) is 11.0. The summed E-state index contributed by atoms with van der Waals surface area (Å²) in [6.45, 7) is 5.81. The molecule has 1 N–H and O–H groups in total. The molecule has 0 aliphatic rings. The fourth-order valence-corrected chi connectivity index (χ4v) is 4.29. The Morgan fingerprint density at radius 1 is 1.28 bits per heavy atom. The number of thiophene rings is 1. The molecule has 0 radical (unpaired) electrons. The van der Waals surface area contributed by atoms with Gasteiger partial charge in [0.25, 0.3) is 0 Å². The van der Waals surface area contributed by atoms with E-state index in [9.17, 15) is 9.59 Å². The van der Waals surface area contributed by atoms with Gasteiger partial charge in [0.15, 0.2) is 5.76 Å². The summed E-state index contributed by atoms with van der Waals surface area (Å²) in [4.78, 5) is 34.1. The van der Waals surface area contributed by atoms with Crippen LogP contribution >= 0.6 is 23.1 Å². The molecule has 25 heavy (non-hydrogen) atoms. The Hall–Kier alpha value is -2.19.